The third kappa shape index (κ3) is 2.76. The lowest BCUT2D eigenvalue weighted by atomic mass is 9.94. The van der Waals surface area contributed by atoms with E-state index in [4.69, 9.17) is 10.5 Å². The average Bonchev–Trinajstić information content (AvgIpc) is 2.40. The molecule has 1 aromatic heterocycles. The average molecular weight is 256 g/mol. The van der Waals surface area contributed by atoms with Crippen LogP contribution in [0.4, 0.5) is 0 Å². The zero-order chi connectivity index (χ0) is 14.0. The lowest BCUT2D eigenvalue weighted by Gasteiger charge is -2.18. The Morgan fingerprint density at radius 3 is 2.47 bits per heavy atom. The highest BCUT2D eigenvalue weighted by Crippen LogP contribution is 2.28. The first-order chi connectivity index (χ1) is 9.02. The standard InChI is InChI=1S/C16H20N2O/c1-10-8-15(19-4)11(2)7-14(10)16(17)13-5-6-18-12(3)9-13/h5-9,16H,17H2,1-4H3. The number of pyridine rings is 1. The minimum absolute atomic E-state index is 0.133. The summed E-state index contributed by atoms with van der Waals surface area (Å²) < 4.78 is 5.33. The SMILES string of the molecule is COc1cc(C)c(C(N)c2ccnc(C)c2)cc1C. The minimum atomic E-state index is -0.133. The van der Waals surface area contributed by atoms with E-state index in [0.717, 1.165) is 33.7 Å². The van der Waals surface area contributed by atoms with Crippen LogP contribution in [0.1, 0.15) is 34.0 Å². The second kappa shape index (κ2) is 5.41. The van der Waals surface area contributed by atoms with Crippen molar-refractivity contribution < 1.29 is 4.74 Å². The summed E-state index contributed by atoms with van der Waals surface area (Å²) in [5, 5.41) is 0. The molecule has 1 unspecified atom stereocenters. The summed E-state index contributed by atoms with van der Waals surface area (Å²) in [6, 6.07) is 8.01. The normalized spacial score (nSPS) is 12.3. The Bertz CT molecular complexity index is 593. The van der Waals surface area contributed by atoms with Gasteiger partial charge in [0.05, 0.1) is 13.2 Å². The predicted octanol–water partition coefficient (Wildman–Crippen LogP) is 3.06. The van der Waals surface area contributed by atoms with Gasteiger partial charge >= 0.3 is 0 Å². The Kier molecular flexibility index (Phi) is 3.86. The van der Waals surface area contributed by atoms with Crippen LogP contribution in [0.15, 0.2) is 30.5 Å². The number of methoxy groups -OCH3 is 1. The van der Waals surface area contributed by atoms with Crippen molar-refractivity contribution in [1.82, 2.24) is 4.98 Å². The van der Waals surface area contributed by atoms with E-state index in [1.165, 1.54) is 0 Å². The maximum absolute atomic E-state index is 6.38. The second-order valence-corrected chi connectivity index (χ2v) is 4.89. The van der Waals surface area contributed by atoms with Crippen molar-refractivity contribution in [2.75, 3.05) is 7.11 Å². The molecule has 1 aromatic carbocycles. The van der Waals surface area contributed by atoms with Crippen LogP contribution in [-0.4, -0.2) is 12.1 Å². The molecule has 0 radical (unpaired) electrons. The van der Waals surface area contributed by atoms with Gasteiger partial charge in [-0.05, 0) is 61.2 Å². The fourth-order valence-electron chi connectivity index (χ4n) is 2.31. The zero-order valence-corrected chi connectivity index (χ0v) is 11.9. The van der Waals surface area contributed by atoms with Crippen LogP contribution in [0, 0.1) is 20.8 Å². The number of hydrogen-bond acceptors (Lipinski definition) is 3. The molecule has 0 amide bonds. The fraction of sp³-hybridized carbons (Fsp3) is 0.312. The minimum Gasteiger partial charge on any atom is -0.496 e. The van der Waals surface area contributed by atoms with Crippen LogP contribution in [0.2, 0.25) is 0 Å². The van der Waals surface area contributed by atoms with E-state index in [-0.39, 0.29) is 6.04 Å². The number of benzene rings is 1. The topological polar surface area (TPSA) is 48.1 Å². The van der Waals surface area contributed by atoms with Crippen LogP contribution >= 0.6 is 0 Å². The molecule has 0 spiro atoms. The Hall–Kier alpha value is -1.87. The molecule has 0 aliphatic carbocycles. The molecule has 0 saturated heterocycles. The summed E-state index contributed by atoms with van der Waals surface area (Å²) in [5.41, 5.74) is 11.8. The second-order valence-electron chi connectivity index (χ2n) is 4.89. The molecule has 2 aromatic rings. The van der Waals surface area contributed by atoms with Crippen molar-refractivity contribution in [2.45, 2.75) is 26.8 Å². The van der Waals surface area contributed by atoms with Gasteiger partial charge in [0.15, 0.2) is 0 Å². The van der Waals surface area contributed by atoms with E-state index < -0.39 is 0 Å². The third-order valence-electron chi connectivity index (χ3n) is 3.40. The van der Waals surface area contributed by atoms with Gasteiger partial charge in [-0.2, -0.15) is 0 Å². The van der Waals surface area contributed by atoms with Crippen molar-refractivity contribution in [3.63, 3.8) is 0 Å². The van der Waals surface area contributed by atoms with E-state index in [2.05, 4.69) is 18.0 Å². The van der Waals surface area contributed by atoms with Crippen LogP contribution in [0.5, 0.6) is 5.75 Å². The smallest absolute Gasteiger partial charge is 0.122 e. The number of nitrogens with two attached hydrogens (primary N) is 1. The molecule has 2 rings (SSSR count). The first kappa shape index (κ1) is 13.6. The quantitative estimate of drug-likeness (QED) is 0.918. The summed E-state index contributed by atoms with van der Waals surface area (Å²) in [4.78, 5) is 4.21. The fourth-order valence-corrected chi connectivity index (χ4v) is 2.31. The molecular weight excluding hydrogens is 236 g/mol. The maximum Gasteiger partial charge on any atom is 0.122 e. The van der Waals surface area contributed by atoms with Crippen molar-refractivity contribution in [2.24, 2.45) is 5.73 Å². The summed E-state index contributed by atoms with van der Waals surface area (Å²) in [7, 11) is 1.69. The summed E-state index contributed by atoms with van der Waals surface area (Å²) >= 11 is 0. The highest BCUT2D eigenvalue weighted by Gasteiger charge is 2.14. The number of hydrogen-bond donors (Lipinski definition) is 1. The Morgan fingerprint density at radius 1 is 1.11 bits per heavy atom. The summed E-state index contributed by atoms with van der Waals surface area (Å²) in [6.07, 6.45) is 1.80. The van der Waals surface area contributed by atoms with Crippen LogP contribution in [0.3, 0.4) is 0 Å². The molecule has 0 aliphatic rings. The van der Waals surface area contributed by atoms with Gasteiger partial charge in [0.25, 0.3) is 0 Å². The highest BCUT2D eigenvalue weighted by molar-refractivity contribution is 5.45. The molecule has 0 aliphatic heterocycles. The first-order valence-corrected chi connectivity index (χ1v) is 6.36. The largest absolute Gasteiger partial charge is 0.496 e. The number of rotatable bonds is 3. The van der Waals surface area contributed by atoms with E-state index in [9.17, 15) is 0 Å². The molecule has 0 bridgehead atoms. The molecule has 0 fully saturated rings. The number of aryl methyl sites for hydroxylation is 3. The van der Waals surface area contributed by atoms with E-state index in [1.807, 2.05) is 32.0 Å². The monoisotopic (exact) mass is 256 g/mol. The van der Waals surface area contributed by atoms with Gasteiger partial charge in [-0.15, -0.1) is 0 Å². The van der Waals surface area contributed by atoms with Gasteiger partial charge in [-0.3, -0.25) is 4.98 Å². The van der Waals surface area contributed by atoms with Crippen molar-refractivity contribution in [1.29, 1.82) is 0 Å². The summed E-state index contributed by atoms with van der Waals surface area (Å²) in [5.74, 6) is 0.902. The van der Waals surface area contributed by atoms with Crippen molar-refractivity contribution in [3.05, 3.63) is 58.4 Å². The number of nitrogens with zero attached hydrogens (tertiary/aromatic N) is 1. The third-order valence-corrected chi connectivity index (χ3v) is 3.40. The Balaban J connectivity index is 2.44. The number of ether oxygens (including phenoxy) is 1. The Labute approximate surface area is 114 Å². The molecule has 19 heavy (non-hydrogen) atoms. The van der Waals surface area contributed by atoms with E-state index in [0.29, 0.717) is 0 Å². The molecule has 0 saturated carbocycles. The highest BCUT2D eigenvalue weighted by atomic mass is 16.5. The van der Waals surface area contributed by atoms with Gasteiger partial charge in [0.1, 0.15) is 5.75 Å². The van der Waals surface area contributed by atoms with Crippen LogP contribution in [0.25, 0.3) is 0 Å². The van der Waals surface area contributed by atoms with Gasteiger partial charge < -0.3 is 10.5 Å². The first-order valence-electron chi connectivity index (χ1n) is 6.36. The van der Waals surface area contributed by atoms with E-state index in [1.54, 1.807) is 13.3 Å². The zero-order valence-electron chi connectivity index (χ0n) is 11.9. The molecule has 100 valence electrons. The lowest BCUT2D eigenvalue weighted by molar-refractivity contribution is 0.411. The molecule has 1 atom stereocenters. The number of aromatic nitrogens is 1. The van der Waals surface area contributed by atoms with Gasteiger partial charge in [0, 0.05) is 11.9 Å². The molecule has 2 N–H and O–H groups in total. The predicted molar refractivity (Wildman–Crippen MR) is 77.5 cm³/mol. The van der Waals surface area contributed by atoms with Gasteiger partial charge in [0.2, 0.25) is 0 Å². The Morgan fingerprint density at radius 2 is 1.84 bits per heavy atom. The van der Waals surface area contributed by atoms with E-state index >= 15 is 0 Å². The molecular formula is C16H20N2O. The molecule has 1 heterocycles. The van der Waals surface area contributed by atoms with Gasteiger partial charge in [-0.1, -0.05) is 6.07 Å². The van der Waals surface area contributed by atoms with Crippen LogP contribution < -0.4 is 10.5 Å². The maximum atomic E-state index is 6.38. The van der Waals surface area contributed by atoms with Gasteiger partial charge in [-0.25, -0.2) is 0 Å². The molecule has 3 heteroatoms. The molecule has 3 nitrogen and oxygen atoms in total. The van der Waals surface area contributed by atoms with Crippen molar-refractivity contribution in [3.8, 4) is 5.75 Å². The van der Waals surface area contributed by atoms with Crippen LogP contribution in [-0.2, 0) is 0 Å². The van der Waals surface area contributed by atoms with Crippen molar-refractivity contribution >= 4 is 0 Å². The lowest BCUT2D eigenvalue weighted by Crippen LogP contribution is -2.14. The summed E-state index contributed by atoms with van der Waals surface area (Å²) in [6.45, 7) is 6.07.